The molecule has 0 aliphatic carbocycles. The van der Waals surface area contributed by atoms with Gasteiger partial charge < -0.3 is 14.6 Å². The minimum Gasteiger partial charge on any atom is -0.494 e. The highest BCUT2D eigenvalue weighted by atomic mass is 19.1. The number of nitrogens with one attached hydrogen (secondary N) is 1. The second kappa shape index (κ2) is 7.31. The van der Waals surface area contributed by atoms with Crippen LogP contribution < -0.4 is 4.74 Å². The fraction of sp³-hybridized carbons (Fsp3) is 0.500. The van der Waals surface area contributed by atoms with Crippen molar-refractivity contribution in [2.45, 2.75) is 32.4 Å². The molecule has 1 N–H and O–H groups in total. The Morgan fingerprint density at radius 3 is 2.89 bits per heavy atom. The van der Waals surface area contributed by atoms with Crippen LogP contribution in [0.2, 0.25) is 0 Å². The van der Waals surface area contributed by atoms with E-state index in [1.807, 2.05) is 11.8 Å². The summed E-state index contributed by atoms with van der Waals surface area (Å²) in [5.41, 5.74) is 2.54. The number of aryl methyl sites for hydroxylation is 1. The number of benzene rings is 1. The third-order valence-corrected chi connectivity index (χ3v) is 5.76. The maximum absolute atomic E-state index is 14.0. The fourth-order valence-electron chi connectivity index (χ4n) is 4.28. The highest BCUT2D eigenvalue weighted by Gasteiger charge is 2.37. The van der Waals surface area contributed by atoms with Crippen molar-refractivity contribution < 1.29 is 13.9 Å². The second-order valence-corrected chi connectivity index (χ2v) is 7.57. The Morgan fingerprint density at radius 1 is 1.33 bits per heavy atom. The number of aromatic amines is 1. The number of carbonyl (C=O) groups is 1. The van der Waals surface area contributed by atoms with Crippen molar-refractivity contribution in [3.8, 4) is 5.75 Å². The molecule has 2 unspecified atom stereocenters. The molecule has 2 aromatic rings. The van der Waals surface area contributed by atoms with Crippen LogP contribution in [0.15, 0.2) is 24.5 Å². The lowest BCUT2D eigenvalue weighted by atomic mass is 9.94. The summed E-state index contributed by atoms with van der Waals surface area (Å²) in [6, 6.07) is 4.60. The lowest BCUT2D eigenvalue weighted by Crippen LogP contribution is -2.47. The first-order valence-electron chi connectivity index (χ1n) is 9.41. The maximum Gasteiger partial charge on any atom is 0.254 e. The van der Waals surface area contributed by atoms with Crippen LogP contribution >= 0.6 is 0 Å². The molecule has 0 spiro atoms. The van der Waals surface area contributed by atoms with Crippen LogP contribution in [0.4, 0.5) is 4.39 Å². The van der Waals surface area contributed by atoms with E-state index in [2.05, 4.69) is 14.9 Å². The molecule has 4 heterocycles. The van der Waals surface area contributed by atoms with Crippen LogP contribution in [0.25, 0.3) is 0 Å². The molecule has 144 valence electrons. The monoisotopic (exact) mass is 372 g/mol. The highest BCUT2D eigenvalue weighted by Crippen LogP contribution is 2.30. The average molecular weight is 372 g/mol. The van der Waals surface area contributed by atoms with Crippen molar-refractivity contribution in [1.29, 1.82) is 0 Å². The minimum atomic E-state index is -0.501. The number of piperidine rings is 1. The highest BCUT2D eigenvalue weighted by molar-refractivity contribution is 5.94. The number of fused-ring (bicyclic) bond motifs is 4. The van der Waals surface area contributed by atoms with Crippen molar-refractivity contribution in [1.82, 2.24) is 19.8 Å². The van der Waals surface area contributed by atoms with Gasteiger partial charge in [0.2, 0.25) is 0 Å². The van der Waals surface area contributed by atoms with E-state index in [1.54, 1.807) is 12.4 Å². The van der Waals surface area contributed by atoms with Gasteiger partial charge in [-0.25, -0.2) is 9.37 Å². The van der Waals surface area contributed by atoms with Crippen molar-refractivity contribution >= 4 is 5.91 Å². The van der Waals surface area contributed by atoms with E-state index in [9.17, 15) is 9.18 Å². The Kier molecular flexibility index (Phi) is 4.86. The molecule has 3 aliphatic rings. The van der Waals surface area contributed by atoms with E-state index in [4.69, 9.17) is 4.74 Å². The number of hydrogen-bond donors (Lipinski definition) is 1. The average Bonchev–Trinajstić information content (AvgIpc) is 2.88. The number of hydrogen-bond acceptors (Lipinski definition) is 4. The summed E-state index contributed by atoms with van der Waals surface area (Å²) in [7, 11) is 1.42. The zero-order chi connectivity index (χ0) is 19.0. The second-order valence-electron chi connectivity index (χ2n) is 7.57. The summed E-state index contributed by atoms with van der Waals surface area (Å²) < 4.78 is 19.0. The number of carbonyl (C=O) groups excluding carboxylic acids is 1. The quantitative estimate of drug-likeness (QED) is 0.896. The van der Waals surface area contributed by atoms with Gasteiger partial charge in [0.15, 0.2) is 11.6 Å². The van der Waals surface area contributed by atoms with Gasteiger partial charge in [0.05, 0.1) is 19.1 Å². The Morgan fingerprint density at radius 2 is 2.19 bits per heavy atom. The summed E-state index contributed by atoms with van der Waals surface area (Å²) in [5, 5.41) is 0. The number of methoxy groups -OCH3 is 1. The van der Waals surface area contributed by atoms with Gasteiger partial charge in [-0.1, -0.05) is 0 Å². The van der Waals surface area contributed by atoms with Gasteiger partial charge >= 0.3 is 0 Å². The van der Waals surface area contributed by atoms with Crippen LogP contribution in [-0.2, 0) is 6.54 Å². The number of imidazole rings is 1. The molecule has 1 aromatic heterocycles. The molecular weight excluding hydrogens is 347 g/mol. The molecule has 3 aliphatic heterocycles. The van der Waals surface area contributed by atoms with Gasteiger partial charge in [0.1, 0.15) is 0 Å². The normalized spacial score (nSPS) is 22.7. The number of halogens is 1. The fourth-order valence-corrected chi connectivity index (χ4v) is 4.28. The minimum absolute atomic E-state index is 0.0935. The summed E-state index contributed by atoms with van der Waals surface area (Å²) in [6.45, 7) is 5.34. The van der Waals surface area contributed by atoms with E-state index >= 15 is 0 Å². The summed E-state index contributed by atoms with van der Waals surface area (Å²) >= 11 is 0. The number of rotatable bonds is 4. The van der Waals surface area contributed by atoms with Crippen molar-refractivity contribution in [2.24, 2.45) is 5.92 Å². The molecule has 1 aromatic carbocycles. The summed E-state index contributed by atoms with van der Waals surface area (Å²) in [6.07, 6.45) is 3.84. The van der Waals surface area contributed by atoms with Gasteiger partial charge in [0.25, 0.3) is 5.91 Å². The zero-order valence-corrected chi connectivity index (χ0v) is 15.7. The van der Waals surface area contributed by atoms with Crippen LogP contribution in [0.3, 0.4) is 0 Å². The molecule has 1 amide bonds. The van der Waals surface area contributed by atoms with E-state index in [1.165, 1.54) is 19.2 Å². The number of nitrogens with zero attached hydrogens (tertiary/aromatic N) is 3. The smallest absolute Gasteiger partial charge is 0.254 e. The zero-order valence-electron chi connectivity index (χ0n) is 15.7. The Bertz CT molecular complexity index is 837. The standard InChI is InChI=1S/C20H25FN4O2/c1-13-18(23-12-22-13)11-24-8-14-3-5-16(10-24)25(9-14)20(26)15-4-6-19(27-2)17(21)7-15/h4,6-7,12,14,16H,3,5,8-11H2,1-2H3,(H,22,23). The Hall–Kier alpha value is -2.41. The topological polar surface area (TPSA) is 61.5 Å². The molecule has 3 saturated heterocycles. The molecule has 6 nitrogen and oxygen atoms in total. The van der Waals surface area contributed by atoms with Gasteiger partial charge in [-0.3, -0.25) is 9.69 Å². The summed E-state index contributed by atoms with van der Waals surface area (Å²) in [4.78, 5) is 24.9. The SMILES string of the molecule is COc1ccc(C(=O)N2CC3CCC2CN(Cc2nc[nH]c2C)C3)cc1F. The van der Waals surface area contributed by atoms with Gasteiger partial charge in [0, 0.05) is 43.5 Å². The number of H-pyrrole nitrogens is 1. The molecule has 0 saturated carbocycles. The van der Waals surface area contributed by atoms with Gasteiger partial charge in [-0.2, -0.15) is 0 Å². The van der Waals surface area contributed by atoms with Gasteiger partial charge in [-0.15, -0.1) is 0 Å². The van der Waals surface area contributed by atoms with Crippen molar-refractivity contribution in [3.63, 3.8) is 0 Å². The van der Waals surface area contributed by atoms with Gasteiger partial charge in [-0.05, 0) is 43.9 Å². The number of amides is 1. The van der Waals surface area contributed by atoms with Crippen molar-refractivity contribution in [3.05, 3.63) is 47.3 Å². The molecule has 0 radical (unpaired) electrons. The number of aromatic nitrogens is 2. The predicted molar refractivity (Wildman–Crippen MR) is 99.1 cm³/mol. The summed E-state index contributed by atoms with van der Waals surface area (Å²) in [5.74, 6) is 0.00236. The largest absolute Gasteiger partial charge is 0.494 e. The number of ether oxygens (including phenoxy) is 1. The van der Waals surface area contributed by atoms with E-state index < -0.39 is 5.82 Å². The first-order chi connectivity index (χ1) is 13.0. The molecule has 2 atom stereocenters. The van der Waals surface area contributed by atoms with Crippen LogP contribution in [0.5, 0.6) is 5.75 Å². The molecule has 2 bridgehead atoms. The third kappa shape index (κ3) is 3.56. The molecule has 27 heavy (non-hydrogen) atoms. The molecule has 3 fully saturated rings. The first-order valence-corrected chi connectivity index (χ1v) is 9.41. The maximum atomic E-state index is 14.0. The first kappa shape index (κ1) is 18.0. The van der Waals surface area contributed by atoms with Crippen LogP contribution in [0.1, 0.15) is 34.6 Å². The molecule has 5 rings (SSSR count). The molecular formula is C20H25FN4O2. The predicted octanol–water partition coefficient (Wildman–Crippen LogP) is 2.60. The lowest BCUT2D eigenvalue weighted by Gasteiger charge is -2.36. The van der Waals surface area contributed by atoms with Crippen LogP contribution in [0, 0.1) is 18.7 Å². The third-order valence-electron chi connectivity index (χ3n) is 5.76. The lowest BCUT2D eigenvalue weighted by molar-refractivity contribution is 0.0584. The van der Waals surface area contributed by atoms with Crippen LogP contribution in [-0.4, -0.2) is 58.5 Å². The Balaban J connectivity index is 1.51. The van der Waals surface area contributed by atoms with Crippen molar-refractivity contribution in [2.75, 3.05) is 26.7 Å². The van der Waals surface area contributed by atoms with E-state index in [0.29, 0.717) is 11.5 Å². The van der Waals surface area contributed by atoms with E-state index in [-0.39, 0.29) is 17.7 Å². The molecule has 7 heteroatoms. The van der Waals surface area contributed by atoms with E-state index in [0.717, 1.165) is 50.4 Å². The Labute approximate surface area is 158 Å².